The smallest absolute Gasteiger partial charge is 0.0602 e. The second-order valence-electron chi connectivity index (χ2n) is 4.18. The lowest BCUT2D eigenvalue weighted by atomic mass is 10.0. The number of likely N-dealkylation sites (tertiary alicyclic amines) is 1. The molecule has 2 nitrogen and oxygen atoms in total. The van der Waals surface area contributed by atoms with Crippen molar-refractivity contribution in [3.05, 3.63) is 0 Å². The molecule has 1 fully saturated rings. The number of hydrogen-bond acceptors (Lipinski definition) is 2. The molecule has 1 unspecified atom stereocenters. The van der Waals surface area contributed by atoms with E-state index < -0.39 is 0 Å². The number of halogens is 1. The van der Waals surface area contributed by atoms with Crippen molar-refractivity contribution in [2.75, 3.05) is 38.7 Å². The van der Waals surface area contributed by atoms with Crippen molar-refractivity contribution in [1.29, 1.82) is 0 Å². The normalized spacial score (nSPS) is 24.9. The van der Waals surface area contributed by atoms with Crippen molar-refractivity contribution < 1.29 is 4.74 Å². The lowest BCUT2D eigenvalue weighted by Crippen LogP contribution is -2.28. The van der Waals surface area contributed by atoms with Gasteiger partial charge < -0.3 is 9.64 Å². The summed E-state index contributed by atoms with van der Waals surface area (Å²) < 4.78 is 5.38. The summed E-state index contributed by atoms with van der Waals surface area (Å²) in [7, 11) is 0. The van der Waals surface area contributed by atoms with Gasteiger partial charge in [0, 0.05) is 12.4 Å². The van der Waals surface area contributed by atoms with Crippen LogP contribution in [0.25, 0.3) is 0 Å². The Balaban J connectivity index is 2.05. The van der Waals surface area contributed by atoms with Crippen molar-refractivity contribution in [1.82, 2.24) is 4.90 Å². The minimum Gasteiger partial charge on any atom is -0.379 e. The van der Waals surface area contributed by atoms with Crippen LogP contribution in [-0.2, 0) is 4.74 Å². The van der Waals surface area contributed by atoms with Gasteiger partial charge in [-0.15, -0.1) is 11.6 Å². The maximum atomic E-state index is 5.53. The molecule has 14 heavy (non-hydrogen) atoms. The Bertz CT molecular complexity index is 143. The van der Waals surface area contributed by atoms with Crippen LogP contribution in [0, 0.1) is 5.92 Å². The maximum absolute atomic E-state index is 5.53. The molecule has 1 rings (SSSR count). The van der Waals surface area contributed by atoms with Gasteiger partial charge in [-0.3, -0.25) is 0 Å². The van der Waals surface area contributed by atoms with Crippen molar-refractivity contribution in [3.63, 3.8) is 0 Å². The number of ether oxygens (including phenoxy) is 1. The van der Waals surface area contributed by atoms with Gasteiger partial charge in [0.05, 0.1) is 13.2 Å². The summed E-state index contributed by atoms with van der Waals surface area (Å²) >= 11 is 5.53. The van der Waals surface area contributed by atoms with E-state index in [1.165, 1.54) is 32.4 Å². The van der Waals surface area contributed by atoms with Gasteiger partial charge in [-0.1, -0.05) is 6.92 Å². The van der Waals surface area contributed by atoms with Crippen LogP contribution in [0.2, 0.25) is 0 Å². The average Bonchev–Trinajstić information content (AvgIpc) is 2.38. The predicted molar refractivity (Wildman–Crippen MR) is 61.0 cm³/mol. The highest BCUT2D eigenvalue weighted by molar-refractivity contribution is 6.17. The largest absolute Gasteiger partial charge is 0.379 e. The van der Waals surface area contributed by atoms with E-state index >= 15 is 0 Å². The molecule has 0 aromatic heterocycles. The van der Waals surface area contributed by atoms with Gasteiger partial charge in [-0.2, -0.15) is 0 Å². The third-order valence-corrected chi connectivity index (χ3v) is 3.04. The first-order valence-electron chi connectivity index (χ1n) is 5.69. The van der Waals surface area contributed by atoms with E-state index in [-0.39, 0.29) is 0 Å². The first kappa shape index (κ1) is 12.3. The molecule has 1 aliphatic rings. The Morgan fingerprint density at radius 1 is 1.29 bits per heavy atom. The van der Waals surface area contributed by atoms with E-state index in [0.29, 0.717) is 12.5 Å². The van der Waals surface area contributed by atoms with Crippen LogP contribution in [0.1, 0.15) is 26.2 Å². The van der Waals surface area contributed by atoms with E-state index in [9.17, 15) is 0 Å². The number of nitrogens with zero attached hydrogens (tertiary/aromatic N) is 1. The molecule has 0 aromatic carbocycles. The molecule has 0 aromatic rings. The van der Waals surface area contributed by atoms with Crippen LogP contribution >= 0.6 is 11.6 Å². The van der Waals surface area contributed by atoms with E-state index in [1.54, 1.807) is 0 Å². The summed E-state index contributed by atoms with van der Waals surface area (Å²) in [5, 5.41) is 0. The van der Waals surface area contributed by atoms with Crippen molar-refractivity contribution in [3.8, 4) is 0 Å². The molecule has 0 bridgehead atoms. The summed E-state index contributed by atoms with van der Waals surface area (Å²) in [5.74, 6) is 1.51. The topological polar surface area (TPSA) is 12.5 Å². The number of hydrogen-bond donors (Lipinski definition) is 0. The molecule has 84 valence electrons. The first-order valence-corrected chi connectivity index (χ1v) is 6.22. The average molecular weight is 220 g/mol. The molecule has 0 radical (unpaired) electrons. The highest BCUT2D eigenvalue weighted by atomic mass is 35.5. The van der Waals surface area contributed by atoms with Gasteiger partial charge in [-0.25, -0.2) is 0 Å². The molecule has 0 saturated carbocycles. The number of alkyl halides is 1. The Morgan fingerprint density at radius 2 is 2.14 bits per heavy atom. The maximum Gasteiger partial charge on any atom is 0.0602 e. The summed E-state index contributed by atoms with van der Waals surface area (Å²) in [6, 6.07) is 0. The molecule has 1 aliphatic heterocycles. The Hall–Kier alpha value is 0.210. The molecule has 1 heterocycles. The summed E-state index contributed by atoms with van der Waals surface area (Å²) in [4.78, 5) is 2.51. The summed E-state index contributed by atoms with van der Waals surface area (Å²) in [6.45, 7) is 7.43. The SMILES string of the molecule is CC1CCCN(CCOCCCl)CC1. The van der Waals surface area contributed by atoms with Gasteiger partial charge in [0.25, 0.3) is 0 Å². The van der Waals surface area contributed by atoms with Crippen LogP contribution in [0.5, 0.6) is 0 Å². The molecule has 0 aliphatic carbocycles. The van der Waals surface area contributed by atoms with E-state index in [4.69, 9.17) is 16.3 Å². The first-order chi connectivity index (χ1) is 6.83. The fourth-order valence-electron chi connectivity index (χ4n) is 1.90. The zero-order valence-electron chi connectivity index (χ0n) is 9.17. The summed E-state index contributed by atoms with van der Waals surface area (Å²) in [6.07, 6.45) is 4.07. The number of rotatable bonds is 5. The van der Waals surface area contributed by atoms with Crippen molar-refractivity contribution in [2.24, 2.45) is 5.92 Å². The lowest BCUT2D eigenvalue weighted by Gasteiger charge is -2.19. The van der Waals surface area contributed by atoms with Gasteiger partial charge in [-0.05, 0) is 38.3 Å². The Kier molecular flexibility index (Phi) is 6.57. The van der Waals surface area contributed by atoms with Crippen LogP contribution in [0.15, 0.2) is 0 Å². The minimum atomic E-state index is 0.608. The van der Waals surface area contributed by atoms with Crippen LogP contribution in [0.3, 0.4) is 0 Å². The highest BCUT2D eigenvalue weighted by Crippen LogP contribution is 2.15. The van der Waals surface area contributed by atoms with E-state index in [0.717, 1.165) is 19.1 Å². The monoisotopic (exact) mass is 219 g/mol. The molecule has 0 spiro atoms. The molecule has 0 amide bonds. The zero-order valence-corrected chi connectivity index (χ0v) is 9.93. The Labute approximate surface area is 92.6 Å². The molecule has 1 atom stereocenters. The molecule has 0 N–H and O–H groups in total. The van der Waals surface area contributed by atoms with Crippen molar-refractivity contribution in [2.45, 2.75) is 26.2 Å². The fourth-order valence-corrected chi connectivity index (χ4v) is 2.01. The second-order valence-corrected chi connectivity index (χ2v) is 4.56. The predicted octanol–water partition coefficient (Wildman–Crippen LogP) is 2.36. The molecular formula is C11H22ClNO. The second kappa shape index (κ2) is 7.49. The van der Waals surface area contributed by atoms with Gasteiger partial charge in [0.1, 0.15) is 0 Å². The summed E-state index contributed by atoms with van der Waals surface area (Å²) in [5.41, 5.74) is 0. The van der Waals surface area contributed by atoms with Crippen LogP contribution in [-0.4, -0.2) is 43.6 Å². The minimum absolute atomic E-state index is 0.608. The van der Waals surface area contributed by atoms with Crippen LogP contribution < -0.4 is 0 Å². The van der Waals surface area contributed by atoms with E-state index in [2.05, 4.69) is 11.8 Å². The van der Waals surface area contributed by atoms with Crippen LogP contribution in [0.4, 0.5) is 0 Å². The third kappa shape index (κ3) is 5.18. The Morgan fingerprint density at radius 3 is 2.93 bits per heavy atom. The van der Waals surface area contributed by atoms with Gasteiger partial charge in [0.15, 0.2) is 0 Å². The molecular weight excluding hydrogens is 198 g/mol. The lowest BCUT2D eigenvalue weighted by molar-refractivity contribution is 0.115. The van der Waals surface area contributed by atoms with Crippen molar-refractivity contribution >= 4 is 11.6 Å². The van der Waals surface area contributed by atoms with Gasteiger partial charge >= 0.3 is 0 Å². The highest BCUT2D eigenvalue weighted by Gasteiger charge is 2.12. The molecule has 1 saturated heterocycles. The standard InChI is InChI=1S/C11H22ClNO/c1-11-3-2-6-13(7-4-11)8-10-14-9-5-12/h11H,2-10H2,1H3. The molecule has 3 heteroatoms. The third-order valence-electron chi connectivity index (χ3n) is 2.88. The quantitative estimate of drug-likeness (QED) is 0.520. The van der Waals surface area contributed by atoms with Gasteiger partial charge in [0.2, 0.25) is 0 Å². The zero-order chi connectivity index (χ0) is 10.2. The fraction of sp³-hybridized carbons (Fsp3) is 1.00. The van der Waals surface area contributed by atoms with E-state index in [1.807, 2.05) is 0 Å².